The zero-order chi connectivity index (χ0) is 26.3. The van der Waals surface area contributed by atoms with Crippen molar-refractivity contribution in [1.82, 2.24) is 19.6 Å². The lowest BCUT2D eigenvalue weighted by Crippen LogP contribution is -2.21. The van der Waals surface area contributed by atoms with Crippen LogP contribution in [0.15, 0.2) is 54.9 Å². The lowest BCUT2D eigenvalue weighted by molar-refractivity contribution is -0.142. The van der Waals surface area contributed by atoms with Crippen LogP contribution in [-0.4, -0.2) is 25.9 Å². The molecule has 4 aromatic rings. The average molecular weight is 515 g/mol. The van der Waals surface area contributed by atoms with E-state index in [0.717, 1.165) is 42.7 Å². The van der Waals surface area contributed by atoms with Crippen molar-refractivity contribution in [2.24, 2.45) is 0 Å². The highest BCUT2D eigenvalue weighted by Crippen LogP contribution is 2.34. The highest BCUT2D eigenvalue weighted by Gasteiger charge is 2.36. The van der Waals surface area contributed by atoms with Gasteiger partial charge in [0, 0.05) is 17.3 Å². The summed E-state index contributed by atoms with van der Waals surface area (Å²) in [7, 11) is 0. The Morgan fingerprint density at radius 2 is 1.47 bits per heavy atom. The second kappa shape index (κ2) is 8.74. The van der Waals surface area contributed by atoms with E-state index in [1.54, 1.807) is 0 Å². The third-order valence-electron chi connectivity index (χ3n) is 4.65. The maximum absolute atomic E-state index is 13.7. The van der Waals surface area contributed by atoms with Crippen LogP contribution in [-0.2, 0) is 12.4 Å². The summed E-state index contributed by atoms with van der Waals surface area (Å²) in [4.78, 5) is 7.66. The number of hydrogen-bond donors (Lipinski definition) is 1. The quantitative estimate of drug-likeness (QED) is 0.197. The minimum absolute atomic E-state index is 0.00642. The highest BCUT2D eigenvalue weighted by molar-refractivity contribution is 5.67. The Kier molecular flexibility index (Phi) is 6.03. The molecule has 0 radical (unpaired) electrons. The lowest BCUT2D eigenvalue weighted by atomic mass is 10.1. The van der Waals surface area contributed by atoms with Crippen LogP contribution in [0.5, 0.6) is 0 Å². The Balaban J connectivity index is 1.75. The minimum Gasteiger partial charge on any atom is -0.282 e. The fourth-order valence-corrected chi connectivity index (χ4v) is 3.06. The van der Waals surface area contributed by atoms with Crippen LogP contribution in [0.4, 0.5) is 45.3 Å². The highest BCUT2D eigenvalue weighted by atomic mass is 19.4. The fraction of sp³-hybridized carbons (Fsp3) is 0.136. The van der Waals surface area contributed by atoms with Crippen LogP contribution in [0.25, 0.3) is 16.9 Å². The molecule has 14 heteroatoms. The molecule has 0 aliphatic rings. The summed E-state index contributed by atoms with van der Waals surface area (Å²) >= 11 is 0. The van der Waals surface area contributed by atoms with Gasteiger partial charge in [0.1, 0.15) is 5.82 Å². The van der Waals surface area contributed by atoms with Gasteiger partial charge in [-0.25, -0.2) is 14.5 Å². The van der Waals surface area contributed by atoms with E-state index in [1.165, 1.54) is 11.4 Å². The van der Waals surface area contributed by atoms with Crippen LogP contribution >= 0.6 is 0 Å². The molecular weight excluding hydrogens is 505 g/mol. The van der Waals surface area contributed by atoms with Crippen LogP contribution in [0.3, 0.4) is 0 Å². The van der Waals surface area contributed by atoms with Gasteiger partial charge >= 0.3 is 18.7 Å². The van der Waals surface area contributed by atoms with Gasteiger partial charge in [0.2, 0.25) is 0 Å². The number of pyridine rings is 1. The first-order valence-electron chi connectivity index (χ1n) is 9.67. The lowest BCUT2D eigenvalue weighted by Gasteiger charge is -2.12. The summed E-state index contributed by atoms with van der Waals surface area (Å²) in [5.74, 6) is 4.61. The maximum Gasteiger partial charge on any atom is 0.483 e. The molecule has 1 aromatic carbocycles. The number of nitrogens with one attached hydrogen (secondary N) is 1. The topological polar surface area (TPSA) is 55.1 Å². The number of hydrogen-bond acceptors (Lipinski definition) is 4. The van der Waals surface area contributed by atoms with Gasteiger partial charge in [-0.05, 0) is 30.3 Å². The van der Waals surface area contributed by atoms with Crippen molar-refractivity contribution in [2.45, 2.75) is 18.7 Å². The first-order valence-corrected chi connectivity index (χ1v) is 9.67. The second-order valence-corrected chi connectivity index (χ2v) is 7.20. The molecule has 1 N–H and O–H groups in total. The van der Waals surface area contributed by atoms with Gasteiger partial charge in [0.15, 0.2) is 11.3 Å². The molecule has 4 rings (SSSR count). The summed E-state index contributed by atoms with van der Waals surface area (Å²) < 4.78 is 117. The molecule has 5 nitrogen and oxygen atoms in total. The standard InChI is InChI=1S/C22H10F9N5/c23-20(24,25)15-6-4-13(5-7-15)16-9-17(21(26,27)28)36-19(34-16)14(11-33-36)3-1-12-2-8-18(32-10-12)35-22(29,30)31/h2,4-11H,(H,32,35). The SMILES string of the molecule is FC(F)(F)Nc1ccc(C#Cc2cnn3c(C(F)(F)F)cc(-c4ccc(C(F)(F)F)cc4)nc23)cn1. The molecule has 0 saturated carbocycles. The van der Waals surface area contributed by atoms with Crippen molar-refractivity contribution in [3.8, 4) is 23.1 Å². The number of benzene rings is 1. The molecule has 0 bridgehead atoms. The Morgan fingerprint density at radius 1 is 0.778 bits per heavy atom. The van der Waals surface area contributed by atoms with Crippen molar-refractivity contribution in [3.63, 3.8) is 0 Å². The van der Waals surface area contributed by atoms with E-state index in [0.29, 0.717) is 10.6 Å². The number of fused-ring (bicyclic) bond motifs is 1. The normalized spacial score (nSPS) is 12.4. The van der Waals surface area contributed by atoms with Gasteiger partial charge in [0.05, 0.1) is 23.0 Å². The molecule has 186 valence electrons. The van der Waals surface area contributed by atoms with Crippen LogP contribution in [0, 0.1) is 11.8 Å². The third-order valence-corrected chi connectivity index (χ3v) is 4.65. The molecule has 0 atom stereocenters. The van der Waals surface area contributed by atoms with Crippen molar-refractivity contribution < 1.29 is 39.5 Å². The van der Waals surface area contributed by atoms with Gasteiger partial charge in [0.25, 0.3) is 0 Å². The van der Waals surface area contributed by atoms with E-state index in [1.807, 2.05) is 0 Å². The molecule has 0 amide bonds. The predicted octanol–water partition coefficient (Wildman–Crippen LogP) is 6.16. The molecule has 0 saturated heterocycles. The van der Waals surface area contributed by atoms with E-state index in [-0.39, 0.29) is 28.0 Å². The Labute approximate surface area is 195 Å². The minimum atomic E-state index is -4.89. The molecule has 3 heterocycles. The van der Waals surface area contributed by atoms with Gasteiger partial charge < -0.3 is 0 Å². The zero-order valence-electron chi connectivity index (χ0n) is 17.4. The number of anilines is 1. The number of rotatable bonds is 2. The van der Waals surface area contributed by atoms with Crippen molar-refractivity contribution in [2.75, 3.05) is 5.32 Å². The molecule has 0 aliphatic carbocycles. The Morgan fingerprint density at radius 3 is 2.03 bits per heavy atom. The smallest absolute Gasteiger partial charge is 0.282 e. The van der Waals surface area contributed by atoms with Crippen LogP contribution in [0.1, 0.15) is 22.4 Å². The molecule has 0 fully saturated rings. The summed E-state index contributed by atoms with van der Waals surface area (Å²) in [5.41, 5.74) is -2.73. The van der Waals surface area contributed by atoms with Gasteiger partial charge in [-0.3, -0.25) is 5.32 Å². The number of aromatic nitrogens is 4. The predicted molar refractivity (Wildman–Crippen MR) is 108 cm³/mol. The van der Waals surface area contributed by atoms with Gasteiger partial charge in [-0.1, -0.05) is 24.0 Å². The van der Waals surface area contributed by atoms with Crippen LogP contribution < -0.4 is 5.32 Å². The number of halogens is 9. The average Bonchev–Trinajstić information content (AvgIpc) is 3.18. The molecular formula is C22H10F9N5. The largest absolute Gasteiger partial charge is 0.483 e. The monoisotopic (exact) mass is 515 g/mol. The fourth-order valence-electron chi connectivity index (χ4n) is 3.06. The maximum atomic E-state index is 13.7. The molecule has 3 aromatic heterocycles. The molecule has 36 heavy (non-hydrogen) atoms. The van der Waals surface area contributed by atoms with Gasteiger partial charge in [-0.15, -0.1) is 0 Å². The molecule has 0 aliphatic heterocycles. The second-order valence-electron chi connectivity index (χ2n) is 7.20. The van der Waals surface area contributed by atoms with Crippen LogP contribution in [0.2, 0.25) is 0 Å². The Bertz CT molecular complexity index is 1450. The van der Waals surface area contributed by atoms with E-state index in [9.17, 15) is 39.5 Å². The van der Waals surface area contributed by atoms with E-state index in [2.05, 4.69) is 26.9 Å². The molecule has 0 unspecified atom stereocenters. The summed E-state index contributed by atoms with van der Waals surface area (Å²) in [6.07, 6.45) is -12.2. The van der Waals surface area contributed by atoms with E-state index in [4.69, 9.17) is 0 Å². The zero-order valence-corrected chi connectivity index (χ0v) is 17.4. The first-order chi connectivity index (χ1) is 16.7. The summed E-state index contributed by atoms with van der Waals surface area (Å²) in [6.45, 7) is 0. The van der Waals surface area contributed by atoms with E-state index >= 15 is 0 Å². The van der Waals surface area contributed by atoms with Crippen molar-refractivity contribution >= 4 is 11.5 Å². The van der Waals surface area contributed by atoms with Crippen molar-refractivity contribution in [1.29, 1.82) is 0 Å². The first kappa shape index (κ1) is 24.8. The molecule has 0 spiro atoms. The number of nitrogens with zero attached hydrogens (tertiary/aromatic N) is 4. The summed E-state index contributed by atoms with van der Waals surface area (Å²) in [5, 5.41) is 4.87. The number of alkyl halides is 9. The third kappa shape index (κ3) is 5.51. The van der Waals surface area contributed by atoms with Gasteiger partial charge in [-0.2, -0.15) is 44.6 Å². The summed E-state index contributed by atoms with van der Waals surface area (Å²) in [6, 6.07) is 6.29. The van der Waals surface area contributed by atoms with E-state index < -0.39 is 35.7 Å². The van der Waals surface area contributed by atoms with Crippen molar-refractivity contribution in [3.05, 3.63) is 77.2 Å². The Hall–Kier alpha value is -4.28.